The highest BCUT2D eigenvalue weighted by atomic mass is 32.2. The van der Waals surface area contributed by atoms with Crippen LogP contribution in [0.4, 0.5) is 5.69 Å². The summed E-state index contributed by atoms with van der Waals surface area (Å²) in [6, 6.07) is 11.2. The molecule has 2 aliphatic rings. The zero-order chi connectivity index (χ0) is 25.3. The first-order valence-electron chi connectivity index (χ1n) is 11.4. The SMILES string of the molecule is C[C@@H](Cc1ccccn1)SC1=C(C(=O)OCc2ccc([N+](=O)[O-])cc2)N2C(=O)[C@H]([C@@H](C)O)[C@H]2[C@H]1C. The Labute approximate surface area is 207 Å². The Hall–Kier alpha value is -3.24. The number of nitro groups is 1. The van der Waals surface area contributed by atoms with Crippen LogP contribution in [0.5, 0.6) is 0 Å². The Balaban J connectivity index is 1.54. The molecule has 10 heteroatoms. The summed E-state index contributed by atoms with van der Waals surface area (Å²) in [6.07, 6.45) is 1.60. The summed E-state index contributed by atoms with van der Waals surface area (Å²) in [5.74, 6) is -1.60. The van der Waals surface area contributed by atoms with Gasteiger partial charge in [0.05, 0.1) is 23.0 Å². The molecular weight excluding hydrogens is 470 g/mol. The Kier molecular flexibility index (Phi) is 7.23. The van der Waals surface area contributed by atoms with Crippen LogP contribution < -0.4 is 0 Å². The third-order valence-corrected chi connectivity index (χ3v) is 7.76. The fraction of sp³-hybridized carbons (Fsp3) is 0.400. The molecule has 1 aromatic carbocycles. The number of carbonyl (C=O) groups excluding carboxylic acids is 2. The molecule has 184 valence electrons. The van der Waals surface area contributed by atoms with E-state index >= 15 is 0 Å². The molecule has 1 fully saturated rings. The largest absolute Gasteiger partial charge is 0.456 e. The smallest absolute Gasteiger partial charge is 0.356 e. The van der Waals surface area contributed by atoms with Gasteiger partial charge in [-0.15, -0.1) is 11.8 Å². The number of non-ortho nitro benzene ring substituents is 1. The Morgan fingerprint density at radius 2 is 1.97 bits per heavy atom. The number of hydrogen-bond donors (Lipinski definition) is 1. The predicted molar refractivity (Wildman–Crippen MR) is 130 cm³/mol. The summed E-state index contributed by atoms with van der Waals surface area (Å²) in [4.78, 5) is 43.1. The number of rotatable bonds is 9. The number of benzene rings is 1. The fourth-order valence-corrected chi connectivity index (χ4v) is 6.01. The van der Waals surface area contributed by atoms with Crippen molar-refractivity contribution in [3.63, 3.8) is 0 Å². The molecule has 0 unspecified atom stereocenters. The first kappa shape index (κ1) is 24.9. The highest BCUT2D eigenvalue weighted by Gasteiger charge is 2.60. The number of esters is 1. The first-order valence-corrected chi connectivity index (χ1v) is 12.3. The Morgan fingerprint density at radius 1 is 1.26 bits per heavy atom. The zero-order valence-corrected chi connectivity index (χ0v) is 20.5. The molecular formula is C25H27N3O6S. The summed E-state index contributed by atoms with van der Waals surface area (Å²) in [6.45, 7) is 5.52. The number of aromatic nitrogens is 1. The van der Waals surface area contributed by atoms with Crippen LogP contribution >= 0.6 is 11.8 Å². The lowest BCUT2D eigenvalue weighted by atomic mass is 9.79. The standard InChI is InChI=1S/C25H27N3O6S/c1-14(12-18-6-4-5-11-26-18)35-23-15(2)21-20(16(3)29)24(30)27(21)22(23)25(31)34-13-17-7-9-19(10-8-17)28(32)33/h4-11,14-16,20-21,29H,12-13H2,1-3H3/t14-,15+,16+,20+,21+/m0/s1. The van der Waals surface area contributed by atoms with Crippen molar-refractivity contribution in [2.24, 2.45) is 11.8 Å². The van der Waals surface area contributed by atoms with E-state index in [2.05, 4.69) is 4.98 Å². The molecule has 0 saturated carbocycles. The molecule has 5 atom stereocenters. The van der Waals surface area contributed by atoms with E-state index in [4.69, 9.17) is 4.74 Å². The molecule has 1 amide bonds. The van der Waals surface area contributed by atoms with Crippen molar-refractivity contribution in [2.45, 2.75) is 51.2 Å². The summed E-state index contributed by atoms with van der Waals surface area (Å²) in [5.41, 5.74) is 1.71. The molecule has 2 aliphatic heterocycles. The number of pyridine rings is 1. The highest BCUT2D eigenvalue weighted by molar-refractivity contribution is 8.03. The van der Waals surface area contributed by atoms with Gasteiger partial charge >= 0.3 is 5.97 Å². The van der Waals surface area contributed by atoms with Gasteiger partial charge in [-0.1, -0.05) is 19.9 Å². The van der Waals surface area contributed by atoms with Crippen molar-refractivity contribution in [2.75, 3.05) is 0 Å². The van der Waals surface area contributed by atoms with Gasteiger partial charge in [-0.3, -0.25) is 19.9 Å². The molecule has 1 N–H and O–H groups in total. The molecule has 1 aromatic heterocycles. The van der Waals surface area contributed by atoms with Gasteiger partial charge in [0, 0.05) is 46.5 Å². The van der Waals surface area contributed by atoms with Crippen molar-refractivity contribution >= 4 is 29.3 Å². The predicted octanol–water partition coefficient (Wildman–Crippen LogP) is 3.47. The lowest BCUT2D eigenvalue weighted by molar-refractivity contribution is -0.384. The summed E-state index contributed by atoms with van der Waals surface area (Å²) in [7, 11) is 0. The van der Waals surface area contributed by atoms with Crippen LogP contribution in [0.1, 0.15) is 32.0 Å². The molecule has 0 aliphatic carbocycles. The minimum Gasteiger partial charge on any atom is -0.456 e. The molecule has 3 heterocycles. The normalized spacial score (nSPS) is 22.9. The van der Waals surface area contributed by atoms with E-state index < -0.39 is 22.9 Å². The molecule has 4 rings (SSSR count). The van der Waals surface area contributed by atoms with Crippen LogP contribution in [-0.2, 0) is 27.4 Å². The topological polar surface area (TPSA) is 123 Å². The van der Waals surface area contributed by atoms with Gasteiger partial charge in [-0.2, -0.15) is 0 Å². The average Bonchev–Trinajstić information content (AvgIpc) is 3.06. The molecule has 9 nitrogen and oxygen atoms in total. The van der Waals surface area contributed by atoms with Gasteiger partial charge in [0.25, 0.3) is 5.69 Å². The van der Waals surface area contributed by atoms with E-state index in [-0.39, 0.29) is 41.1 Å². The van der Waals surface area contributed by atoms with Gasteiger partial charge in [-0.05, 0) is 36.8 Å². The monoisotopic (exact) mass is 497 g/mol. The third-order valence-electron chi connectivity index (χ3n) is 6.37. The van der Waals surface area contributed by atoms with Gasteiger partial charge in [0.2, 0.25) is 5.91 Å². The van der Waals surface area contributed by atoms with Gasteiger partial charge < -0.3 is 14.7 Å². The quantitative estimate of drug-likeness (QED) is 0.242. The molecule has 0 spiro atoms. The minimum absolute atomic E-state index is 0.0498. The van der Waals surface area contributed by atoms with E-state index in [0.29, 0.717) is 12.0 Å². The second-order valence-corrected chi connectivity index (χ2v) is 10.4. The number of β-lactam (4-membered cyclic amide) rings is 1. The van der Waals surface area contributed by atoms with E-state index in [1.807, 2.05) is 32.0 Å². The van der Waals surface area contributed by atoms with Crippen molar-refractivity contribution in [3.05, 3.63) is 80.6 Å². The Morgan fingerprint density at radius 3 is 2.57 bits per heavy atom. The van der Waals surface area contributed by atoms with Gasteiger partial charge in [0.1, 0.15) is 12.3 Å². The van der Waals surface area contributed by atoms with E-state index in [0.717, 1.165) is 10.6 Å². The van der Waals surface area contributed by atoms with Crippen LogP contribution in [-0.4, -0.2) is 49.2 Å². The van der Waals surface area contributed by atoms with Crippen LogP contribution in [0.15, 0.2) is 59.3 Å². The number of amides is 1. The zero-order valence-electron chi connectivity index (χ0n) is 19.7. The third kappa shape index (κ3) is 4.94. The molecule has 0 bridgehead atoms. The van der Waals surface area contributed by atoms with Crippen LogP contribution in [0.2, 0.25) is 0 Å². The number of ether oxygens (including phenoxy) is 1. The van der Waals surface area contributed by atoms with Crippen LogP contribution in [0.25, 0.3) is 0 Å². The fourth-order valence-electron chi connectivity index (χ4n) is 4.67. The highest BCUT2D eigenvalue weighted by Crippen LogP contribution is 2.51. The summed E-state index contributed by atoms with van der Waals surface area (Å²) >= 11 is 1.52. The van der Waals surface area contributed by atoms with Crippen molar-refractivity contribution in [3.8, 4) is 0 Å². The second kappa shape index (κ2) is 10.2. The summed E-state index contributed by atoms with van der Waals surface area (Å²) in [5, 5.41) is 21.1. The number of aliphatic hydroxyl groups is 1. The second-order valence-electron chi connectivity index (χ2n) is 8.92. The molecule has 2 aromatic rings. The maximum atomic E-state index is 13.2. The van der Waals surface area contributed by atoms with E-state index in [1.165, 1.54) is 40.9 Å². The van der Waals surface area contributed by atoms with Gasteiger partial charge in [0.15, 0.2) is 0 Å². The summed E-state index contributed by atoms with van der Waals surface area (Å²) < 4.78 is 5.54. The number of nitrogens with zero attached hydrogens (tertiary/aromatic N) is 3. The van der Waals surface area contributed by atoms with Crippen molar-refractivity contribution < 1.29 is 24.4 Å². The number of thioether (sulfide) groups is 1. The van der Waals surface area contributed by atoms with Crippen LogP contribution in [0.3, 0.4) is 0 Å². The number of nitro benzene ring substituents is 1. The van der Waals surface area contributed by atoms with Gasteiger partial charge in [-0.25, -0.2) is 4.79 Å². The molecule has 0 radical (unpaired) electrons. The maximum absolute atomic E-state index is 13.2. The number of carbonyl (C=O) groups is 2. The number of fused-ring (bicyclic) bond motifs is 1. The van der Waals surface area contributed by atoms with E-state index in [9.17, 15) is 24.8 Å². The number of hydrogen-bond acceptors (Lipinski definition) is 8. The van der Waals surface area contributed by atoms with Crippen molar-refractivity contribution in [1.82, 2.24) is 9.88 Å². The van der Waals surface area contributed by atoms with E-state index in [1.54, 1.807) is 13.1 Å². The molecule has 1 saturated heterocycles. The van der Waals surface area contributed by atoms with Crippen molar-refractivity contribution in [1.29, 1.82) is 0 Å². The Bertz CT molecular complexity index is 1150. The minimum atomic E-state index is -0.820. The maximum Gasteiger partial charge on any atom is 0.356 e. The lowest BCUT2D eigenvalue weighted by Crippen LogP contribution is -2.63. The molecule has 35 heavy (non-hydrogen) atoms. The van der Waals surface area contributed by atoms with Crippen LogP contribution in [0, 0.1) is 22.0 Å². The lowest BCUT2D eigenvalue weighted by Gasteiger charge is -2.46. The first-order chi connectivity index (χ1) is 16.7. The average molecular weight is 498 g/mol. The number of aliphatic hydroxyl groups excluding tert-OH is 1.